The van der Waals surface area contributed by atoms with Crippen molar-refractivity contribution in [3.63, 3.8) is 0 Å². The number of alkyl halides is 3. The van der Waals surface area contributed by atoms with Gasteiger partial charge >= 0.3 is 6.18 Å². The number of halogens is 4. The number of nitrogens with zero attached hydrogens (tertiary/aromatic N) is 2. The van der Waals surface area contributed by atoms with E-state index in [0.717, 1.165) is 5.56 Å². The Morgan fingerprint density at radius 1 is 1.15 bits per heavy atom. The van der Waals surface area contributed by atoms with Crippen molar-refractivity contribution in [3.05, 3.63) is 59.5 Å². The number of hydrogen-bond donors (Lipinski definition) is 2. The molecule has 0 atom stereocenters. The minimum atomic E-state index is -4.44. The maximum Gasteiger partial charge on any atom is 0.422 e. The lowest BCUT2D eigenvalue weighted by atomic mass is 10.2. The van der Waals surface area contributed by atoms with E-state index in [-0.39, 0.29) is 18.2 Å². The summed E-state index contributed by atoms with van der Waals surface area (Å²) >= 11 is 0. The molecule has 0 radical (unpaired) electrons. The maximum absolute atomic E-state index is 12.9. The number of ether oxygens (including phenoxy) is 1. The second-order valence-electron chi connectivity index (χ2n) is 5.55. The molecule has 0 spiro atoms. The molecule has 1 heterocycles. The molecule has 0 aliphatic heterocycles. The highest BCUT2D eigenvalue weighted by atomic mass is 19.4. The summed E-state index contributed by atoms with van der Waals surface area (Å²) in [6.45, 7) is 1.57. The van der Waals surface area contributed by atoms with E-state index in [1.54, 1.807) is 24.3 Å². The van der Waals surface area contributed by atoms with Gasteiger partial charge in [0.25, 0.3) is 0 Å². The van der Waals surface area contributed by atoms with Crippen molar-refractivity contribution < 1.29 is 22.3 Å². The van der Waals surface area contributed by atoms with Crippen LogP contribution in [-0.2, 0) is 13.1 Å². The van der Waals surface area contributed by atoms with Crippen LogP contribution in [0, 0.1) is 5.82 Å². The van der Waals surface area contributed by atoms with Crippen molar-refractivity contribution in [3.8, 4) is 5.88 Å². The van der Waals surface area contributed by atoms with Crippen LogP contribution in [0.25, 0.3) is 0 Å². The lowest BCUT2D eigenvalue weighted by molar-refractivity contribution is -0.154. The van der Waals surface area contributed by atoms with Crippen LogP contribution in [0.1, 0.15) is 18.1 Å². The molecule has 1 aromatic carbocycles. The third kappa shape index (κ3) is 7.51. The predicted molar refractivity (Wildman–Crippen MR) is 93.8 cm³/mol. The van der Waals surface area contributed by atoms with E-state index in [4.69, 9.17) is 4.74 Å². The largest absolute Gasteiger partial charge is 0.468 e. The van der Waals surface area contributed by atoms with Crippen molar-refractivity contribution in [1.82, 2.24) is 15.6 Å². The van der Waals surface area contributed by atoms with Gasteiger partial charge in [0, 0.05) is 24.8 Å². The van der Waals surface area contributed by atoms with Gasteiger partial charge in [0.2, 0.25) is 5.88 Å². The fourth-order valence-electron chi connectivity index (χ4n) is 2.12. The molecule has 2 N–H and O–H groups in total. The summed E-state index contributed by atoms with van der Waals surface area (Å²) in [6, 6.07) is 9.20. The Hall–Kier alpha value is -2.84. The zero-order valence-corrected chi connectivity index (χ0v) is 14.7. The second kappa shape index (κ2) is 9.75. The molecule has 0 saturated carbocycles. The molecule has 0 aliphatic rings. The summed E-state index contributed by atoms with van der Waals surface area (Å²) in [5, 5.41) is 6.05. The van der Waals surface area contributed by atoms with Gasteiger partial charge in [-0.25, -0.2) is 14.4 Å². The van der Waals surface area contributed by atoms with Crippen molar-refractivity contribution in [2.45, 2.75) is 26.2 Å². The van der Waals surface area contributed by atoms with Gasteiger partial charge in [-0.15, -0.1) is 0 Å². The van der Waals surface area contributed by atoms with Crippen molar-refractivity contribution in [2.75, 3.05) is 13.2 Å². The van der Waals surface area contributed by atoms with Crippen LogP contribution in [0.3, 0.4) is 0 Å². The first-order chi connectivity index (χ1) is 12.9. The summed E-state index contributed by atoms with van der Waals surface area (Å²) < 4.78 is 54.8. The van der Waals surface area contributed by atoms with Crippen LogP contribution in [-0.4, -0.2) is 30.3 Å². The average Bonchev–Trinajstić information content (AvgIpc) is 2.63. The van der Waals surface area contributed by atoms with Crippen LogP contribution < -0.4 is 15.4 Å². The summed E-state index contributed by atoms with van der Waals surface area (Å²) in [6.07, 6.45) is -3.07. The van der Waals surface area contributed by atoms with E-state index in [1.165, 1.54) is 18.3 Å². The summed E-state index contributed by atoms with van der Waals surface area (Å²) in [4.78, 5) is 8.22. The Morgan fingerprint density at radius 2 is 1.89 bits per heavy atom. The predicted octanol–water partition coefficient (Wildman–Crippen LogP) is 3.42. The second-order valence-corrected chi connectivity index (χ2v) is 5.55. The summed E-state index contributed by atoms with van der Waals surface area (Å²) in [5.74, 6) is 0.0554. The highest BCUT2D eigenvalue weighted by Crippen LogP contribution is 2.19. The molecule has 1 aromatic heterocycles. The van der Waals surface area contributed by atoms with Gasteiger partial charge in [0.15, 0.2) is 12.6 Å². The third-order valence-corrected chi connectivity index (χ3v) is 3.35. The minimum absolute atomic E-state index is 0.0864. The van der Waals surface area contributed by atoms with E-state index >= 15 is 0 Å². The molecular formula is C18H20F4N4O. The number of pyridine rings is 1. The Bertz CT molecular complexity index is 748. The Balaban J connectivity index is 2.00. The first-order valence-electron chi connectivity index (χ1n) is 8.27. The van der Waals surface area contributed by atoms with Gasteiger partial charge in [-0.1, -0.05) is 18.2 Å². The van der Waals surface area contributed by atoms with E-state index < -0.39 is 12.8 Å². The van der Waals surface area contributed by atoms with E-state index in [9.17, 15) is 17.6 Å². The fourth-order valence-corrected chi connectivity index (χ4v) is 2.12. The Kier molecular flexibility index (Phi) is 7.39. The molecule has 5 nitrogen and oxygen atoms in total. The number of rotatable bonds is 7. The molecule has 0 saturated heterocycles. The molecule has 27 heavy (non-hydrogen) atoms. The highest BCUT2D eigenvalue weighted by Gasteiger charge is 2.29. The van der Waals surface area contributed by atoms with E-state index in [0.29, 0.717) is 24.6 Å². The van der Waals surface area contributed by atoms with Crippen LogP contribution in [0.2, 0.25) is 0 Å². The minimum Gasteiger partial charge on any atom is -0.468 e. The van der Waals surface area contributed by atoms with Crippen molar-refractivity contribution >= 4 is 5.96 Å². The smallest absolute Gasteiger partial charge is 0.422 e. The number of aromatic nitrogens is 1. The SMILES string of the molecule is CCNC(=NCc1ccc(F)cc1)NCc1cccnc1OCC(F)(F)F. The zero-order chi connectivity index (χ0) is 19.7. The summed E-state index contributed by atoms with van der Waals surface area (Å²) in [5.41, 5.74) is 1.29. The first kappa shape index (κ1) is 20.5. The van der Waals surface area contributed by atoms with Crippen molar-refractivity contribution in [1.29, 1.82) is 0 Å². The normalized spacial score (nSPS) is 12.0. The molecule has 0 amide bonds. The highest BCUT2D eigenvalue weighted by molar-refractivity contribution is 5.79. The molecule has 146 valence electrons. The van der Waals surface area contributed by atoms with Crippen molar-refractivity contribution in [2.24, 2.45) is 4.99 Å². The number of nitrogens with one attached hydrogen (secondary N) is 2. The molecule has 9 heteroatoms. The lowest BCUT2D eigenvalue weighted by Crippen LogP contribution is -2.37. The molecule has 0 unspecified atom stereocenters. The number of aliphatic imine (C=N–C) groups is 1. The molecule has 0 bridgehead atoms. The molecule has 2 rings (SSSR count). The quantitative estimate of drug-likeness (QED) is 0.436. The number of benzene rings is 1. The van der Waals surface area contributed by atoms with Gasteiger partial charge in [0.1, 0.15) is 5.82 Å². The third-order valence-electron chi connectivity index (χ3n) is 3.35. The number of guanidine groups is 1. The van der Waals surface area contributed by atoms with Gasteiger partial charge in [-0.05, 0) is 30.7 Å². The van der Waals surface area contributed by atoms with Crippen LogP contribution >= 0.6 is 0 Å². The van der Waals surface area contributed by atoms with Crippen LogP contribution in [0.4, 0.5) is 17.6 Å². The van der Waals surface area contributed by atoms with Gasteiger partial charge in [-0.2, -0.15) is 13.2 Å². The van der Waals surface area contributed by atoms with E-state index in [1.807, 2.05) is 6.92 Å². The monoisotopic (exact) mass is 384 g/mol. The molecule has 2 aromatic rings. The lowest BCUT2D eigenvalue weighted by Gasteiger charge is -2.14. The number of hydrogen-bond acceptors (Lipinski definition) is 3. The topological polar surface area (TPSA) is 58.5 Å². The standard InChI is InChI=1S/C18H20F4N4O/c1-2-23-17(25-10-13-5-7-15(19)8-6-13)26-11-14-4-3-9-24-16(14)27-12-18(20,21)22/h3-9H,2,10-12H2,1H3,(H2,23,25,26). The first-order valence-corrected chi connectivity index (χ1v) is 8.27. The summed E-state index contributed by atoms with van der Waals surface area (Å²) in [7, 11) is 0. The zero-order valence-electron chi connectivity index (χ0n) is 14.7. The molecule has 0 fully saturated rings. The van der Waals surface area contributed by atoms with Gasteiger partial charge in [0.05, 0.1) is 6.54 Å². The van der Waals surface area contributed by atoms with Gasteiger partial charge in [-0.3, -0.25) is 0 Å². The molecular weight excluding hydrogens is 364 g/mol. The van der Waals surface area contributed by atoms with Crippen LogP contribution in [0.15, 0.2) is 47.6 Å². The fraction of sp³-hybridized carbons (Fsp3) is 0.333. The Morgan fingerprint density at radius 3 is 2.56 bits per heavy atom. The Labute approximate surface area is 154 Å². The average molecular weight is 384 g/mol. The van der Waals surface area contributed by atoms with E-state index in [2.05, 4.69) is 20.6 Å². The molecule has 0 aliphatic carbocycles. The van der Waals surface area contributed by atoms with Gasteiger partial charge < -0.3 is 15.4 Å². The van der Waals surface area contributed by atoms with Crippen LogP contribution in [0.5, 0.6) is 5.88 Å². The maximum atomic E-state index is 12.9.